The van der Waals surface area contributed by atoms with Crippen molar-refractivity contribution < 1.29 is 27.5 Å². The highest BCUT2D eigenvalue weighted by Crippen LogP contribution is 2.39. The molecule has 1 aromatic carbocycles. The molecule has 3 fully saturated rings. The molecule has 2 aromatic rings. The molecule has 5 rings (SSSR count). The molecule has 8 nitrogen and oxygen atoms in total. The lowest BCUT2D eigenvalue weighted by Crippen LogP contribution is -2.37. The van der Waals surface area contributed by atoms with E-state index in [-0.39, 0.29) is 30.0 Å². The largest absolute Gasteiger partial charge is 0.465 e. The Morgan fingerprint density at radius 3 is 2.39 bits per heavy atom. The smallest absolute Gasteiger partial charge is 0.416 e. The van der Waals surface area contributed by atoms with Gasteiger partial charge in [0.15, 0.2) is 0 Å². The van der Waals surface area contributed by atoms with E-state index >= 15 is 0 Å². The maximum Gasteiger partial charge on any atom is 0.416 e. The molecule has 41 heavy (non-hydrogen) atoms. The number of nitrogens with two attached hydrogens (primary N) is 1. The first-order chi connectivity index (χ1) is 19.7. The minimum absolute atomic E-state index is 0.0175. The average Bonchev–Trinajstić information content (AvgIpc) is 3.71. The number of amides is 1. The van der Waals surface area contributed by atoms with Crippen molar-refractivity contribution in [1.82, 2.24) is 9.88 Å². The third kappa shape index (κ3) is 6.39. The van der Waals surface area contributed by atoms with Gasteiger partial charge in [-0.2, -0.15) is 13.2 Å². The number of hydrogen-bond donors (Lipinski definition) is 1. The molecule has 0 spiro atoms. The Morgan fingerprint density at radius 1 is 1.05 bits per heavy atom. The summed E-state index contributed by atoms with van der Waals surface area (Å²) < 4.78 is 45.5. The summed E-state index contributed by atoms with van der Waals surface area (Å²) in [6.45, 7) is 2.02. The van der Waals surface area contributed by atoms with Crippen molar-refractivity contribution in [3.05, 3.63) is 71.1 Å². The number of nitrogens with zero attached hydrogens (tertiary/aromatic N) is 4. The number of likely N-dealkylation sites (tertiary alicyclic amines) is 1. The van der Waals surface area contributed by atoms with Gasteiger partial charge in [-0.1, -0.05) is 18.2 Å². The van der Waals surface area contributed by atoms with Crippen LogP contribution in [0.15, 0.2) is 59.4 Å². The van der Waals surface area contributed by atoms with Crippen molar-refractivity contribution in [3.63, 3.8) is 0 Å². The van der Waals surface area contributed by atoms with Gasteiger partial charge in [0.1, 0.15) is 5.82 Å². The molecule has 1 atom stereocenters. The minimum Gasteiger partial charge on any atom is -0.465 e. The van der Waals surface area contributed by atoms with E-state index in [1.807, 2.05) is 0 Å². The predicted octanol–water partition coefficient (Wildman–Crippen LogP) is 4.57. The van der Waals surface area contributed by atoms with Crippen LogP contribution in [0.4, 0.5) is 19.0 Å². The molecule has 1 aliphatic carbocycles. The van der Waals surface area contributed by atoms with Crippen LogP contribution in [0.3, 0.4) is 0 Å². The molecule has 1 amide bonds. The van der Waals surface area contributed by atoms with E-state index in [0.717, 1.165) is 56.4 Å². The van der Waals surface area contributed by atoms with Crippen molar-refractivity contribution >= 4 is 23.4 Å². The number of pyridine rings is 1. The second kappa shape index (κ2) is 11.9. The Labute approximate surface area is 237 Å². The van der Waals surface area contributed by atoms with E-state index in [1.54, 1.807) is 23.1 Å². The number of anilines is 1. The average molecular weight is 570 g/mol. The van der Waals surface area contributed by atoms with E-state index < -0.39 is 23.6 Å². The Hall–Kier alpha value is -3.89. The topological polar surface area (TPSA) is 101 Å². The zero-order valence-corrected chi connectivity index (χ0v) is 22.9. The summed E-state index contributed by atoms with van der Waals surface area (Å²) in [5.74, 6) is -0.146. The van der Waals surface area contributed by atoms with Crippen LogP contribution in [0, 0.1) is 5.92 Å². The van der Waals surface area contributed by atoms with E-state index in [2.05, 4.69) is 9.88 Å². The van der Waals surface area contributed by atoms with Crippen LogP contribution in [0.25, 0.3) is 0 Å². The van der Waals surface area contributed by atoms with Gasteiger partial charge in [0.2, 0.25) is 0 Å². The molecule has 0 radical (unpaired) electrons. The molecular weight excluding hydrogens is 535 g/mol. The van der Waals surface area contributed by atoms with Crippen LogP contribution >= 0.6 is 0 Å². The Kier molecular flexibility index (Phi) is 8.32. The monoisotopic (exact) mass is 569 g/mol. The first-order valence-electron chi connectivity index (χ1n) is 13.9. The van der Waals surface area contributed by atoms with Crippen molar-refractivity contribution in [2.24, 2.45) is 16.6 Å². The van der Waals surface area contributed by atoms with Crippen LogP contribution in [0.1, 0.15) is 59.5 Å². The van der Waals surface area contributed by atoms with Gasteiger partial charge in [0.05, 0.1) is 35.6 Å². The number of aromatic nitrogens is 1. The molecule has 2 N–H and O–H groups in total. The third-order valence-electron chi connectivity index (χ3n) is 8.10. The highest BCUT2D eigenvalue weighted by Gasteiger charge is 2.40. The minimum atomic E-state index is -4.44. The fourth-order valence-electron chi connectivity index (χ4n) is 5.73. The molecule has 0 bridgehead atoms. The fourth-order valence-corrected chi connectivity index (χ4v) is 5.73. The van der Waals surface area contributed by atoms with Gasteiger partial charge in [-0.05, 0) is 55.9 Å². The number of rotatable bonds is 7. The zero-order chi connectivity index (χ0) is 29.1. The van der Waals surface area contributed by atoms with Gasteiger partial charge in [0.25, 0.3) is 5.91 Å². The van der Waals surface area contributed by atoms with Gasteiger partial charge >= 0.3 is 12.1 Å². The number of benzene rings is 1. The van der Waals surface area contributed by atoms with Crippen LogP contribution in [0.2, 0.25) is 0 Å². The number of piperidine rings is 1. The molecule has 218 valence electrons. The lowest BCUT2D eigenvalue weighted by atomic mass is 9.93. The summed E-state index contributed by atoms with van der Waals surface area (Å²) in [4.78, 5) is 38.5. The van der Waals surface area contributed by atoms with Crippen molar-refractivity contribution in [2.45, 2.75) is 50.2 Å². The molecule has 11 heteroatoms. The molecule has 2 saturated heterocycles. The van der Waals surface area contributed by atoms with Gasteiger partial charge in [0, 0.05) is 50.4 Å². The molecule has 1 saturated carbocycles. The van der Waals surface area contributed by atoms with Crippen LogP contribution in [0.5, 0.6) is 0 Å². The maximum absolute atomic E-state index is 13.6. The number of methoxy groups -OCH3 is 1. The standard InChI is InChI=1S/C30H34F3N5O3/c1-41-29(40)20-8-9-26(35-17-20)37-14-11-22(12-15-37)36-27(19-6-7-19)24(16-34)28(39)38-13-10-21(18-38)23-4-2-3-5-25(23)30(31,32)33/h2-5,8-9,16-17,19,21-22H,6-7,10-15,18,34H2,1H3. The normalized spacial score (nSPS) is 20.8. The highest BCUT2D eigenvalue weighted by atomic mass is 19.4. The first kappa shape index (κ1) is 28.6. The molecular formula is C30H34F3N5O3. The van der Waals surface area contributed by atoms with E-state index in [4.69, 9.17) is 15.5 Å². The summed E-state index contributed by atoms with van der Waals surface area (Å²) in [5.41, 5.74) is 7.05. The molecule has 1 unspecified atom stereocenters. The highest BCUT2D eigenvalue weighted by molar-refractivity contribution is 6.23. The Morgan fingerprint density at radius 2 is 1.78 bits per heavy atom. The van der Waals surface area contributed by atoms with Crippen molar-refractivity contribution in [3.8, 4) is 0 Å². The lowest BCUT2D eigenvalue weighted by molar-refractivity contribution is -0.138. The van der Waals surface area contributed by atoms with Crippen molar-refractivity contribution in [1.29, 1.82) is 0 Å². The molecule has 3 heterocycles. The number of halogens is 3. The SMILES string of the molecule is COC(=O)c1ccc(N2CCC(N=C(C(=CN)C(=O)N3CCC(c4ccccc4C(F)(F)F)C3)C3CC3)CC2)nc1. The zero-order valence-electron chi connectivity index (χ0n) is 22.9. The van der Waals surface area contributed by atoms with Crippen LogP contribution in [-0.4, -0.2) is 66.8 Å². The maximum atomic E-state index is 13.6. The molecule has 3 aliphatic rings. The predicted molar refractivity (Wildman–Crippen MR) is 149 cm³/mol. The summed E-state index contributed by atoms with van der Waals surface area (Å²) in [6.07, 6.45) is 2.23. The molecule has 2 aliphatic heterocycles. The number of ether oxygens (including phenoxy) is 1. The Balaban J connectivity index is 1.24. The third-order valence-corrected chi connectivity index (χ3v) is 8.10. The van der Waals surface area contributed by atoms with Gasteiger partial charge in [-0.15, -0.1) is 0 Å². The number of alkyl halides is 3. The van der Waals surface area contributed by atoms with Crippen LogP contribution < -0.4 is 10.6 Å². The Bertz CT molecular complexity index is 1330. The number of carbonyl (C=O) groups excluding carboxylic acids is 2. The van der Waals surface area contributed by atoms with Gasteiger partial charge < -0.3 is 20.3 Å². The summed E-state index contributed by atoms with van der Waals surface area (Å²) in [7, 11) is 1.33. The van der Waals surface area contributed by atoms with Gasteiger partial charge in [-0.25, -0.2) is 9.78 Å². The second-order valence-electron chi connectivity index (χ2n) is 10.8. The van der Waals surface area contributed by atoms with Gasteiger partial charge in [-0.3, -0.25) is 9.79 Å². The number of carbonyl (C=O) groups is 2. The van der Waals surface area contributed by atoms with E-state index in [9.17, 15) is 22.8 Å². The van der Waals surface area contributed by atoms with Crippen LogP contribution in [-0.2, 0) is 15.7 Å². The summed E-state index contributed by atoms with van der Waals surface area (Å²) in [5, 5.41) is 0. The lowest BCUT2D eigenvalue weighted by Gasteiger charge is -2.31. The number of esters is 1. The van der Waals surface area contributed by atoms with E-state index in [0.29, 0.717) is 24.1 Å². The first-order valence-corrected chi connectivity index (χ1v) is 13.9. The quantitative estimate of drug-likeness (QED) is 0.298. The summed E-state index contributed by atoms with van der Waals surface area (Å²) in [6, 6.07) is 9.11. The molecule has 1 aromatic heterocycles. The fraction of sp³-hybridized carbons (Fsp3) is 0.467. The van der Waals surface area contributed by atoms with E-state index in [1.165, 1.54) is 31.6 Å². The second-order valence-corrected chi connectivity index (χ2v) is 10.8. The van der Waals surface area contributed by atoms with Crippen molar-refractivity contribution in [2.75, 3.05) is 38.2 Å². The number of hydrogen-bond acceptors (Lipinski definition) is 7. The summed E-state index contributed by atoms with van der Waals surface area (Å²) >= 11 is 0. The number of aliphatic imine (C=N–C) groups is 1.